The number of amides is 2. The Morgan fingerprint density at radius 2 is 2.03 bits per heavy atom. The van der Waals surface area contributed by atoms with Crippen molar-refractivity contribution >= 4 is 39.2 Å². The summed E-state index contributed by atoms with van der Waals surface area (Å²) >= 11 is 1.30. The molecular formula is C18H16F3N5O3S. The van der Waals surface area contributed by atoms with Crippen LogP contribution in [0.15, 0.2) is 18.2 Å². The number of alkyl halides is 3. The van der Waals surface area contributed by atoms with Gasteiger partial charge < -0.3 is 15.9 Å². The lowest BCUT2D eigenvalue weighted by Crippen LogP contribution is -2.27. The van der Waals surface area contributed by atoms with Gasteiger partial charge in [0, 0.05) is 4.88 Å². The molecule has 0 bridgehead atoms. The number of benzene rings is 1. The van der Waals surface area contributed by atoms with Gasteiger partial charge in [-0.3, -0.25) is 9.59 Å². The van der Waals surface area contributed by atoms with Crippen LogP contribution < -0.4 is 15.9 Å². The van der Waals surface area contributed by atoms with Crippen molar-refractivity contribution in [1.82, 2.24) is 15.2 Å². The third-order valence-corrected chi connectivity index (χ3v) is 5.94. The molecule has 0 unspecified atom stereocenters. The second-order valence-electron chi connectivity index (χ2n) is 6.76. The van der Waals surface area contributed by atoms with Crippen LogP contribution in [0, 0.1) is 0 Å². The van der Waals surface area contributed by atoms with Crippen LogP contribution in [0.1, 0.15) is 39.2 Å². The summed E-state index contributed by atoms with van der Waals surface area (Å²) in [5.41, 5.74) is 5.95. The maximum atomic E-state index is 12.9. The molecule has 0 spiro atoms. The fourth-order valence-corrected chi connectivity index (χ4v) is 4.68. The molecule has 8 nitrogen and oxygen atoms in total. The molecule has 4 rings (SSSR count). The molecule has 1 aromatic carbocycles. The number of anilines is 1. The molecule has 2 heterocycles. The van der Waals surface area contributed by atoms with Gasteiger partial charge in [-0.05, 0) is 54.7 Å². The van der Waals surface area contributed by atoms with Gasteiger partial charge in [-0.2, -0.15) is 13.2 Å². The lowest BCUT2D eigenvalue weighted by atomic mass is 9.95. The third kappa shape index (κ3) is 3.82. The van der Waals surface area contributed by atoms with Gasteiger partial charge in [0.15, 0.2) is 6.61 Å². The minimum atomic E-state index is -4.54. The second-order valence-corrected chi connectivity index (χ2v) is 7.87. The first kappa shape index (κ1) is 20.1. The molecule has 2 amide bonds. The number of fused-ring (bicyclic) bond motifs is 2. The van der Waals surface area contributed by atoms with Crippen LogP contribution in [0.25, 0.3) is 11.0 Å². The number of thiophene rings is 1. The normalized spacial score (nSPS) is 13.8. The van der Waals surface area contributed by atoms with Gasteiger partial charge in [-0.15, -0.1) is 16.4 Å². The molecule has 0 aliphatic heterocycles. The number of aromatic nitrogens is 3. The smallest absolute Gasteiger partial charge is 0.385 e. The molecule has 0 saturated heterocycles. The highest BCUT2D eigenvalue weighted by atomic mass is 32.1. The molecule has 3 N–H and O–H groups in total. The molecule has 0 radical (unpaired) electrons. The van der Waals surface area contributed by atoms with Crippen molar-refractivity contribution < 1.29 is 27.6 Å². The highest BCUT2D eigenvalue weighted by Gasteiger charge is 2.31. The predicted molar refractivity (Wildman–Crippen MR) is 102 cm³/mol. The number of halogens is 3. The molecule has 0 atom stereocenters. The van der Waals surface area contributed by atoms with Gasteiger partial charge >= 0.3 is 6.18 Å². The third-order valence-electron chi connectivity index (χ3n) is 4.73. The lowest BCUT2D eigenvalue weighted by Gasteiger charge is -2.11. The minimum Gasteiger partial charge on any atom is -0.385 e. The first-order chi connectivity index (χ1) is 14.2. The highest BCUT2D eigenvalue weighted by molar-refractivity contribution is 7.17. The van der Waals surface area contributed by atoms with E-state index in [1.165, 1.54) is 17.4 Å². The van der Waals surface area contributed by atoms with E-state index in [1.54, 1.807) is 0 Å². The first-order valence-corrected chi connectivity index (χ1v) is 9.86. The molecule has 0 fully saturated rings. The number of nitrogens with zero attached hydrogens (tertiary/aromatic N) is 3. The van der Waals surface area contributed by atoms with Crippen molar-refractivity contribution in [3.63, 3.8) is 0 Å². The summed E-state index contributed by atoms with van der Waals surface area (Å²) in [7, 11) is 0. The van der Waals surface area contributed by atoms with E-state index in [4.69, 9.17) is 10.6 Å². The molecule has 1 aliphatic carbocycles. The number of nitrogens with one attached hydrogen (secondary N) is 1. The van der Waals surface area contributed by atoms with Crippen LogP contribution in [0.3, 0.4) is 0 Å². The Morgan fingerprint density at radius 3 is 2.77 bits per heavy atom. The summed E-state index contributed by atoms with van der Waals surface area (Å²) in [6.45, 7) is -0.546. The number of rotatable bonds is 5. The number of nitrogens with two attached hydrogens (primary N) is 1. The zero-order valence-electron chi connectivity index (χ0n) is 15.5. The van der Waals surface area contributed by atoms with E-state index in [9.17, 15) is 22.8 Å². The van der Waals surface area contributed by atoms with Gasteiger partial charge in [0.25, 0.3) is 11.8 Å². The Morgan fingerprint density at radius 1 is 1.27 bits per heavy atom. The molecule has 0 saturated carbocycles. The molecule has 30 heavy (non-hydrogen) atoms. The van der Waals surface area contributed by atoms with Crippen molar-refractivity contribution in [2.24, 2.45) is 5.73 Å². The van der Waals surface area contributed by atoms with Crippen molar-refractivity contribution in [3.8, 4) is 0 Å². The fraction of sp³-hybridized carbons (Fsp3) is 0.333. The molecule has 1 aliphatic rings. The summed E-state index contributed by atoms with van der Waals surface area (Å²) in [6, 6.07) is 2.89. The van der Waals surface area contributed by atoms with Gasteiger partial charge in [-0.25, -0.2) is 0 Å². The second kappa shape index (κ2) is 7.59. The van der Waals surface area contributed by atoms with E-state index in [0.29, 0.717) is 10.6 Å². The van der Waals surface area contributed by atoms with Crippen LogP contribution in [-0.4, -0.2) is 33.6 Å². The van der Waals surface area contributed by atoms with E-state index >= 15 is 0 Å². The largest absolute Gasteiger partial charge is 0.416 e. The standard InChI is InChI=1S/C18H16F3N5O3S/c19-18(20,21)9-5-6-11-12(7-9)26(25-24-11)29-8-14(27)23-17-15(16(22)28)10-3-1-2-4-13(10)30-17/h5-7H,1-4,8H2,(H2,22,28)(H,23,27). The van der Waals surface area contributed by atoms with Crippen molar-refractivity contribution in [2.75, 3.05) is 11.9 Å². The number of hydrogen-bond acceptors (Lipinski definition) is 6. The van der Waals surface area contributed by atoms with Crippen LogP contribution in [-0.2, 0) is 23.8 Å². The van der Waals surface area contributed by atoms with E-state index in [2.05, 4.69) is 15.6 Å². The Labute approximate surface area is 171 Å². The Kier molecular flexibility index (Phi) is 5.10. The van der Waals surface area contributed by atoms with E-state index in [1.807, 2.05) is 0 Å². The fourth-order valence-electron chi connectivity index (χ4n) is 3.37. The summed E-state index contributed by atoms with van der Waals surface area (Å²) in [5, 5.41) is 10.3. The lowest BCUT2D eigenvalue weighted by molar-refractivity contribution is -0.137. The van der Waals surface area contributed by atoms with Crippen molar-refractivity contribution in [3.05, 3.63) is 39.8 Å². The van der Waals surface area contributed by atoms with Crippen LogP contribution >= 0.6 is 11.3 Å². The SMILES string of the molecule is NC(=O)c1c(NC(=O)COn2nnc3ccc(C(F)(F)F)cc32)sc2c1CCCC2. The number of primary amides is 1. The quantitative estimate of drug-likeness (QED) is 0.635. The maximum absolute atomic E-state index is 12.9. The average Bonchev–Trinajstić information content (AvgIpc) is 3.25. The van der Waals surface area contributed by atoms with Crippen molar-refractivity contribution in [1.29, 1.82) is 0 Å². The van der Waals surface area contributed by atoms with Gasteiger partial charge in [0.2, 0.25) is 0 Å². The average molecular weight is 439 g/mol. The Balaban J connectivity index is 1.50. The summed E-state index contributed by atoms with van der Waals surface area (Å²) in [5.74, 6) is -1.22. The summed E-state index contributed by atoms with van der Waals surface area (Å²) in [4.78, 5) is 31.2. The van der Waals surface area contributed by atoms with E-state index < -0.39 is 30.2 Å². The molecular weight excluding hydrogens is 423 g/mol. The topological polar surface area (TPSA) is 112 Å². The highest BCUT2D eigenvalue weighted by Crippen LogP contribution is 2.37. The molecule has 158 valence electrons. The zero-order valence-corrected chi connectivity index (χ0v) is 16.3. The van der Waals surface area contributed by atoms with Gasteiger partial charge in [-0.1, -0.05) is 4.85 Å². The summed E-state index contributed by atoms with van der Waals surface area (Å²) in [6.07, 6.45) is -1.05. The molecule has 12 heteroatoms. The zero-order chi connectivity index (χ0) is 21.5. The number of aryl methyl sites for hydroxylation is 1. The van der Waals surface area contributed by atoms with E-state index in [-0.39, 0.29) is 11.0 Å². The minimum absolute atomic E-state index is 0.0259. The maximum Gasteiger partial charge on any atom is 0.416 e. The van der Waals surface area contributed by atoms with Gasteiger partial charge in [0.1, 0.15) is 16.0 Å². The van der Waals surface area contributed by atoms with E-state index in [0.717, 1.165) is 53.1 Å². The predicted octanol–water partition coefficient (Wildman–Crippen LogP) is 2.56. The Hall–Kier alpha value is -3.15. The van der Waals surface area contributed by atoms with Crippen LogP contribution in [0.5, 0.6) is 0 Å². The van der Waals surface area contributed by atoms with Crippen molar-refractivity contribution in [2.45, 2.75) is 31.9 Å². The summed E-state index contributed by atoms with van der Waals surface area (Å²) < 4.78 is 38.8. The Bertz CT molecular complexity index is 1140. The number of hydrogen-bond donors (Lipinski definition) is 2. The van der Waals surface area contributed by atoms with Gasteiger partial charge in [0.05, 0.1) is 11.1 Å². The number of carbonyl (C=O) groups excluding carboxylic acids is 2. The number of carbonyl (C=O) groups is 2. The first-order valence-electron chi connectivity index (χ1n) is 9.04. The molecule has 3 aromatic rings. The van der Waals surface area contributed by atoms with Crippen LogP contribution in [0.4, 0.5) is 18.2 Å². The molecule has 2 aromatic heterocycles. The van der Waals surface area contributed by atoms with Crippen LogP contribution in [0.2, 0.25) is 0 Å². The monoisotopic (exact) mass is 439 g/mol.